The highest BCUT2D eigenvalue weighted by atomic mass is 32.2. The van der Waals surface area contributed by atoms with Gasteiger partial charge in [-0.05, 0) is 49.6 Å². The van der Waals surface area contributed by atoms with Gasteiger partial charge in [0.05, 0.1) is 17.5 Å². The number of halogens is 1. The fraction of sp³-hybridized carbons (Fsp3) is 0.353. The Labute approximate surface area is 149 Å². The largest absolute Gasteiger partial charge is 0.364 e. The summed E-state index contributed by atoms with van der Waals surface area (Å²) in [6, 6.07) is 7.57. The number of aromatic amines is 1. The second-order valence-corrected chi connectivity index (χ2v) is 6.96. The monoisotopic (exact) mass is 362 g/mol. The minimum absolute atomic E-state index is 0.00856. The number of H-pyrrole nitrogens is 1. The molecule has 2 aromatic rings. The summed E-state index contributed by atoms with van der Waals surface area (Å²) in [5, 5.41) is 6.74. The second-order valence-electron chi connectivity index (χ2n) is 5.91. The summed E-state index contributed by atoms with van der Waals surface area (Å²) in [5.41, 5.74) is 6.15. The maximum Gasteiger partial charge on any atom is 0.269 e. The summed E-state index contributed by atoms with van der Waals surface area (Å²) < 4.78 is 12.9. The van der Waals surface area contributed by atoms with Crippen LogP contribution in [0.15, 0.2) is 35.2 Å². The van der Waals surface area contributed by atoms with Gasteiger partial charge in [0, 0.05) is 11.4 Å². The van der Waals surface area contributed by atoms with Gasteiger partial charge < -0.3 is 10.6 Å². The Morgan fingerprint density at radius 2 is 2.08 bits per heavy atom. The molecule has 1 aromatic heterocycles. The third kappa shape index (κ3) is 4.19. The first-order valence-electron chi connectivity index (χ1n) is 8.07. The average molecular weight is 362 g/mol. The smallest absolute Gasteiger partial charge is 0.269 e. The molecule has 1 fully saturated rings. The molecule has 0 aliphatic carbocycles. The third-order valence-corrected chi connectivity index (χ3v) is 5.21. The number of hydrogen-bond donors (Lipinski definition) is 2. The number of nitrogens with two attached hydrogens (primary N) is 1. The van der Waals surface area contributed by atoms with Crippen molar-refractivity contribution in [2.45, 2.75) is 30.2 Å². The molecule has 1 aliphatic heterocycles. The Bertz CT molecular complexity index is 762. The fourth-order valence-electron chi connectivity index (χ4n) is 2.95. The molecule has 0 saturated carbocycles. The van der Waals surface area contributed by atoms with Crippen LogP contribution in [0.1, 0.15) is 41.5 Å². The average Bonchev–Trinajstić information content (AvgIpc) is 3.11. The van der Waals surface area contributed by atoms with E-state index in [0.717, 1.165) is 29.9 Å². The molecule has 25 heavy (non-hydrogen) atoms. The van der Waals surface area contributed by atoms with Crippen LogP contribution in [0, 0.1) is 5.82 Å². The van der Waals surface area contributed by atoms with Gasteiger partial charge in [-0.15, -0.1) is 11.8 Å². The molecule has 0 spiro atoms. The van der Waals surface area contributed by atoms with Gasteiger partial charge in [-0.1, -0.05) is 0 Å². The topological polar surface area (TPSA) is 92.1 Å². The number of thioether (sulfide) groups is 1. The van der Waals surface area contributed by atoms with Crippen LogP contribution < -0.4 is 5.73 Å². The van der Waals surface area contributed by atoms with Crippen molar-refractivity contribution in [1.82, 2.24) is 15.1 Å². The van der Waals surface area contributed by atoms with E-state index in [1.54, 1.807) is 18.2 Å². The zero-order valence-corrected chi connectivity index (χ0v) is 14.4. The Kier molecular flexibility index (Phi) is 5.37. The molecule has 1 aromatic carbocycles. The van der Waals surface area contributed by atoms with Gasteiger partial charge in [0.25, 0.3) is 5.91 Å². The fourth-order valence-corrected chi connectivity index (χ4v) is 3.73. The number of hydrogen-bond acceptors (Lipinski definition) is 4. The second kappa shape index (κ2) is 7.69. The van der Waals surface area contributed by atoms with Gasteiger partial charge in [-0.2, -0.15) is 5.10 Å². The van der Waals surface area contributed by atoms with Gasteiger partial charge in [0.2, 0.25) is 5.91 Å². The van der Waals surface area contributed by atoms with E-state index < -0.39 is 5.91 Å². The van der Waals surface area contributed by atoms with Crippen molar-refractivity contribution in [1.29, 1.82) is 0 Å². The highest BCUT2D eigenvalue weighted by molar-refractivity contribution is 8.00. The molecular weight excluding hydrogens is 343 g/mol. The molecule has 2 heterocycles. The van der Waals surface area contributed by atoms with E-state index in [4.69, 9.17) is 5.73 Å². The molecule has 6 nitrogen and oxygen atoms in total. The maximum atomic E-state index is 12.9. The third-order valence-electron chi connectivity index (χ3n) is 4.21. The molecule has 3 rings (SSSR count). The van der Waals surface area contributed by atoms with Crippen molar-refractivity contribution in [2.24, 2.45) is 5.73 Å². The predicted octanol–water partition coefficient (Wildman–Crippen LogP) is 2.49. The zero-order chi connectivity index (χ0) is 17.8. The van der Waals surface area contributed by atoms with Gasteiger partial charge in [-0.3, -0.25) is 14.7 Å². The molecule has 1 atom stereocenters. The number of likely N-dealkylation sites (tertiary alicyclic amines) is 1. The maximum absolute atomic E-state index is 12.9. The predicted molar refractivity (Wildman–Crippen MR) is 92.5 cm³/mol. The first kappa shape index (κ1) is 17.5. The number of nitrogens with one attached hydrogen (secondary N) is 1. The minimum atomic E-state index is -0.594. The van der Waals surface area contributed by atoms with E-state index in [-0.39, 0.29) is 29.2 Å². The van der Waals surface area contributed by atoms with Crippen molar-refractivity contribution in [3.63, 3.8) is 0 Å². The summed E-state index contributed by atoms with van der Waals surface area (Å²) in [5.74, 6) is -0.604. The quantitative estimate of drug-likeness (QED) is 0.800. The van der Waals surface area contributed by atoms with Crippen molar-refractivity contribution in [3.8, 4) is 0 Å². The highest BCUT2D eigenvalue weighted by Crippen LogP contribution is 2.31. The summed E-state index contributed by atoms with van der Waals surface area (Å²) in [6.07, 6.45) is 2.76. The number of primary amides is 1. The lowest BCUT2D eigenvalue weighted by molar-refractivity contribution is -0.132. The van der Waals surface area contributed by atoms with Gasteiger partial charge in [0.15, 0.2) is 0 Å². The number of aromatic nitrogens is 2. The van der Waals surface area contributed by atoms with E-state index in [1.807, 2.05) is 4.90 Å². The van der Waals surface area contributed by atoms with Crippen LogP contribution >= 0.6 is 11.8 Å². The summed E-state index contributed by atoms with van der Waals surface area (Å²) in [6.45, 7) is 0.665. The zero-order valence-electron chi connectivity index (χ0n) is 13.6. The standard InChI is InChI=1S/C17H19FN4O2S/c18-11-4-6-12(7-5-11)25-10-16(23)22-8-2-1-3-15(22)13-9-14(17(19)24)21-20-13/h4-7,9,15H,1-3,8,10H2,(H2,19,24)(H,20,21)/t15-/m0/s1. The number of piperidine rings is 1. The van der Waals surface area contributed by atoms with Crippen molar-refractivity contribution in [2.75, 3.05) is 12.3 Å². The lowest BCUT2D eigenvalue weighted by Gasteiger charge is -2.35. The van der Waals surface area contributed by atoms with Crippen LogP contribution in [0.4, 0.5) is 4.39 Å². The summed E-state index contributed by atoms with van der Waals surface area (Å²) in [7, 11) is 0. The van der Waals surface area contributed by atoms with Crippen molar-refractivity contribution >= 4 is 23.6 Å². The molecule has 0 unspecified atom stereocenters. The van der Waals surface area contributed by atoms with Crippen molar-refractivity contribution in [3.05, 3.63) is 47.5 Å². The highest BCUT2D eigenvalue weighted by Gasteiger charge is 2.29. The van der Waals surface area contributed by atoms with E-state index in [1.165, 1.54) is 23.9 Å². The van der Waals surface area contributed by atoms with Crippen LogP contribution in [0.25, 0.3) is 0 Å². The number of nitrogens with zero attached hydrogens (tertiary/aromatic N) is 2. The Morgan fingerprint density at radius 3 is 2.76 bits per heavy atom. The normalized spacial score (nSPS) is 17.5. The van der Waals surface area contributed by atoms with Crippen LogP contribution in [-0.4, -0.2) is 39.2 Å². The molecule has 8 heteroatoms. The Hall–Kier alpha value is -2.35. The molecule has 1 saturated heterocycles. The van der Waals surface area contributed by atoms with E-state index >= 15 is 0 Å². The first-order chi connectivity index (χ1) is 12.0. The Balaban J connectivity index is 1.67. The van der Waals surface area contributed by atoms with E-state index in [0.29, 0.717) is 6.54 Å². The molecule has 1 aliphatic rings. The molecule has 2 amide bonds. The van der Waals surface area contributed by atoms with E-state index in [9.17, 15) is 14.0 Å². The van der Waals surface area contributed by atoms with Gasteiger partial charge >= 0.3 is 0 Å². The number of benzene rings is 1. The minimum Gasteiger partial charge on any atom is -0.364 e. The number of amides is 2. The molecule has 132 valence electrons. The number of rotatable bonds is 5. The number of carbonyl (C=O) groups excluding carboxylic acids is 2. The molecule has 0 radical (unpaired) electrons. The van der Waals surface area contributed by atoms with Crippen molar-refractivity contribution < 1.29 is 14.0 Å². The van der Waals surface area contributed by atoms with Crippen LogP contribution in [-0.2, 0) is 4.79 Å². The van der Waals surface area contributed by atoms with Crippen LogP contribution in [0.3, 0.4) is 0 Å². The van der Waals surface area contributed by atoms with Gasteiger partial charge in [-0.25, -0.2) is 4.39 Å². The SMILES string of the molecule is NC(=O)c1cc([C@@H]2CCCCN2C(=O)CSc2ccc(F)cc2)[nH]n1. The van der Waals surface area contributed by atoms with E-state index in [2.05, 4.69) is 10.2 Å². The lowest BCUT2D eigenvalue weighted by atomic mass is 9.99. The van der Waals surface area contributed by atoms with Crippen LogP contribution in [0.2, 0.25) is 0 Å². The lowest BCUT2D eigenvalue weighted by Crippen LogP contribution is -2.39. The van der Waals surface area contributed by atoms with Gasteiger partial charge in [0.1, 0.15) is 11.5 Å². The molecule has 0 bridgehead atoms. The molecule has 3 N–H and O–H groups in total. The summed E-state index contributed by atoms with van der Waals surface area (Å²) >= 11 is 1.38. The first-order valence-corrected chi connectivity index (χ1v) is 9.06. The Morgan fingerprint density at radius 1 is 1.32 bits per heavy atom. The molecular formula is C17H19FN4O2S. The number of carbonyl (C=O) groups is 2. The summed E-state index contributed by atoms with van der Waals surface area (Å²) in [4.78, 5) is 26.6. The van der Waals surface area contributed by atoms with Crippen LogP contribution in [0.5, 0.6) is 0 Å².